The van der Waals surface area contributed by atoms with E-state index in [1.165, 1.54) is 43.2 Å². The van der Waals surface area contributed by atoms with Gasteiger partial charge in [-0.3, -0.25) is 0 Å². The van der Waals surface area contributed by atoms with Crippen molar-refractivity contribution in [2.24, 2.45) is 0 Å². The SMILES string of the molecule is CCc1ccc([C@H](CNC(=S)NC2CCCCC2)N(C)C)cc1. The average Bonchev–Trinajstić information content (AvgIpc) is 2.56. The van der Waals surface area contributed by atoms with Gasteiger partial charge in [-0.25, -0.2) is 0 Å². The molecule has 0 spiro atoms. The summed E-state index contributed by atoms with van der Waals surface area (Å²) in [6.07, 6.45) is 7.60. The molecule has 2 N–H and O–H groups in total. The lowest BCUT2D eigenvalue weighted by atomic mass is 9.96. The first-order chi connectivity index (χ1) is 11.1. The largest absolute Gasteiger partial charge is 0.361 e. The number of thiocarbonyl (C=S) groups is 1. The predicted molar refractivity (Wildman–Crippen MR) is 103 cm³/mol. The molecule has 0 radical (unpaired) electrons. The summed E-state index contributed by atoms with van der Waals surface area (Å²) in [5.74, 6) is 0. The zero-order chi connectivity index (χ0) is 16.7. The molecule has 1 fully saturated rings. The highest BCUT2D eigenvalue weighted by molar-refractivity contribution is 7.80. The highest BCUT2D eigenvalue weighted by Crippen LogP contribution is 2.19. The molecule has 2 rings (SSSR count). The number of nitrogens with zero attached hydrogens (tertiary/aromatic N) is 1. The zero-order valence-electron chi connectivity index (χ0n) is 14.8. The van der Waals surface area contributed by atoms with Crippen LogP contribution >= 0.6 is 12.2 Å². The van der Waals surface area contributed by atoms with Crippen LogP contribution in [0.25, 0.3) is 0 Å². The molecular formula is C19H31N3S. The van der Waals surface area contributed by atoms with Crippen molar-refractivity contribution in [1.82, 2.24) is 15.5 Å². The average molecular weight is 334 g/mol. The maximum absolute atomic E-state index is 5.49. The van der Waals surface area contributed by atoms with Gasteiger partial charge in [0.1, 0.15) is 0 Å². The highest BCUT2D eigenvalue weighted by atomic mass is 32.1. The Kier molecular flexibility index (Phi) is 7.31. The van der Waals surface area contributed by atoms with E-state index in [2.05, 4.69) is 60.8 Å². The van der Waals surface area contributed by atoms with Gasteiger partial charge in [-0.2, -0.15) is 0 Å². The summed E-state index contributed by atoms with van der Waals surface area (Å²) in [6, 6.07) is 9.82. The summed E-state index contributed by atoms with van der Waals surface area (Å²) >= 11 is 5.49. The number of likely N-dealkylation sites (N-methyl/N-ethyl adjacent to an activating group) is 1. The zero-order valence-corrected chi connectivity index (χ0v) is 15.6. The van der Waals surface area contributed by atoms with E-state index in [1.54, 1.807) is 0 Å². The van der Waals surface area contributed by atoms with E-state index in [-0.39, 0.29) is 0 Å². The van der Waals surface area contributed by atoms with Crippen molar-refractivity contribution in [3.63, 3.8) is 0 Å². The minimum atomic E-state index is 0.326. The molecule has 0 heterocycles. The van der Waals surface area contributed by atoms with E-state index in [0.29, 0.717) is 12.1 Å². The molecule has 0 bridgehead atoms. The molecule has 1 aliphatic rings. The fraction of sp³-hybridized carbons (Fsp3) is 0.632. The standard InChI is InChI=1S/C19H31N3S/c1-4-15-10-12-16(13-11-15)18(22(2)3)14-20-19(23)21-17-8-6-5-7-9-17/h10-13,17-18H,4-9,14H2,1-3H3,(H2,20,21,23)/t18-/m0/s1. The summed E-state index contributed by atoms with van der Waals surface area (Å²) in [5, 5.41) is 7.70. The Morgan fingerprint density at radius 1 is 1.17 bits per heavy atom. The van der Waals surface area contributed by atoms with E-state index in [9.17, 15) is 0 Å². The molecule has 4 heteroatoms. The predicted octanol–water partition coefficient (Wildman–Crippen LogP) is 3.65. The molecule has 0 saturated heterocycles. The number of rotatable bonds is 6. The molecule has 3 nitrogen and oxygen atoms in total. The van der Waals surface area contributed by atoms with Gasteiger partial charge < -0.3 is 15.5 Å². The molecule has 1 atom stereocenters. The molecule has 0 aliphatic heterocycles. The van der Waals surface area contributed by atoms with E-state index in [0.717, 1.165) is 18.1 Å². The number of benzene rings is 1. The van der Waals surface area contributed by atoms with Gasteiger partial charge >= 0.3 is 0 Å². The van der Waals surface area contributed by atoms with Gasteiger partial charge in [0.2, 0.25) is 0 Å². The van der Waals surface area contributed by atoms with Gasteiger partial charge in [0.05, 0.1) is 6.04 Å². The van der Waals surface area contributed by atoms with Crippen LogP contribution in [0.4, 0.5) is 0 Å². The van der Waals surface area contributed by atoms with E-state index in [1.807, 2.05) is 0 Å². The minimum absolute atomic E-state index is 0.326. The van der Waals surface area contributed by atoms with Crippen LogP contribution in [0, 0.1) is 0 Å². The Hall–Kier alpha value is -1.13. The van der Waals surface area contributed by atoms with Gasteiger partial charge in [0.25, 0.3) is 0 Å². The maximum Gasteiger partial charge on any atom is 0.166 e. The molecule has 0 unspecified atom stereocenters. The summed E-state index contributed by atoms with van der Waals surface area (Å²) < 4.78 is 0. The van der Waals surface area contributed by atoms with Crippen LogP contribution in [0.5, 0.6) is 0 Å². The van der Waals surface area contributed by atoms with Crippen molar-refractivity contribution in [1.29, 1.82) is 0 Å². The number of nitrogens with one attached hydrogen (secondary N) is 2. The van der Waals surface area contributed by atoms with Crippen molar-refractivity contribution in [3.05, 3.63) is 35.4 Å². The summed E-state index contributed by atoms with van der Waals surface area (Å²) in [5.41, 5.74) is 2.72. The van der Waals surface area contributed by atoms with Gasteiger partial charge in [0, 0.05) is 12.6 Å². The number of hydrogen-bond donors (Lipinski definition) is 2. The minimum Gasteiger partial charge on any atom is -0.361 e. The van der Waals surface area contributed by atoms with Gasteiger partial charge in [-0.05, 0) is 56.7 Å². The first-order valence-corrected chi connectivity index (χ1v) is 9.30. The monoisotopic (exact) mass is 333 g/mol. The lowest BCUT2D eigenvalue weighted by molar-refractivity contribution is 0.298. The lowest BCUT2D eigenvalue weighted by Gasteiger charge is -2.28. The first kappa shape index (κ1) is 18.2. The van der Waals surface area contributed by atoms with E-state index in [4.69, 9.17) is 12.2 Å². The van der Waals surface area contributed by atoms with Crippen molar-refractivity contribution < 1.29 is 0 Å². The molecule has 1 aliphatic carbocycles. The fourth-order valence-electron chi connectivity index (χ4n) is 3.25. The Labute approximate surface area is 146 Å². The third kappa shape index (κ3) is 5.78. The second-order valence-electron chi connectivity index (χ2n) is 6.76. The molecular weight excluding hydrogens is 302 g/mol. The Bertz CT molecular complexity index is 478. The van der Waals surface area contributed by atoms with Crippen LogP contribution in [-0.4, -0.2) is 36.7 Å². The summed E-state index contributed by atoms with van der Waals surface area (Å²) in [6.45, 7) is 3.02. The van der Waals surface area contributed by atoms with Crippen LogP contribution in [0.15, 0.2) is 24.3 Å². The van der Waals surface area contributed by atoms with Gasteiger partial charge in [0.15, 0.2) is 5.11 Å². The quantitative estimate of drug-likeness (QED) is 0.777. The summed E-state index contributed by atoms with van der Waals surface area (Å²) in [4.78, 5) is 2.25. The maximum atomic E-state index is 5.49. The third-order valence-electron chi connectivity index (χ3n) is 4.79. The van der Waals surface area contributed by atoms with Crippen molar-refractivity contribution in [3.8, 4) is 0 Å². The second-order valence-corrected chi connectivity index (χ2v) is 7.17. The van der Waals surface area contributed by atoms with Gasteiger partial charge in [-0.15, -0.1) is 0 Å². The molecule has 1 aromatic rings. The van der Waals surface area contributed by atoms with Gasteiger partial charge in [-0.1, -0.05) is 50.5 Å². The topological polar surface area (TPSA) is 27.3 Å². The number of aryl methyl sites for hydroxylation is 1. The summed E-state index contributed by atoms with van der Waals surface area (Å²) in [7, 11) is 4.25. The molecule has 0 aromatic heterocycles. The third-order valence-corrected chi connectivity index (χ3v) is 5.05. The molecule has 1 aromatic carbocycles. The number of hydrogen-bond acceptors (Lipinski definition) is 2. The van der Waals surface area contributed by atoms with Crippen LogP contribution in [0.3, 0.4) is 0 Å². The first-order valence-electron chi connectivity index (χ1n) is 8.89. The normalized spacial score (nSPS) is 17.0. The molecule has 128 valence electrons. The van der Waals surface area contributed by atoms with Crippen molar-refractivity contribution in [2.75, 3.05) is 20.6 Å². The van der Waals surface area contributed by atoms with Crippen LogP contribution in [0.1, 0.15) is 56.2 Å². The fourth-order valence-corrected chi connectivity index (χ4v) is 3.50. The Morgan fingerprint density at radius 2 is 1.83 bits per heavy atom. The molecule has 1 saturated carbocycles. The van der Waals surface area contributed by atoms with E-state index >= 15 is 0 Å². The Morgan fingerprint density at radius 3 is 2.39 bits per heavy atom. The van der Waals surface area contributed by atoms with Crippen LogP contribution < -0.4 is 10.6 Å². The molecule has 23 heavy (non-hydrogen) atoms. The highest BCUT2D eigenvalue weighted by Gasteiger charge is 2.17. The Balaban J connectivity index is 1.87. The van der Waals surface area contributed by atoms with Crippen LogP contribution in [-0.2, 0) is 6.42 Å². The van der Waals surface area contributed by atoms with Crippen LogP contribution in [0.2, 0.25) is 0 Å². The smallest absolute Gasteiger partial charge is 0.166 e. The lowest BCUT2D eigenvalue weighted by Crippen LogP contribution is -2.45. The van der Waals surface area contributed by atoms with Crippen molar-refractivity contribution in [2.45, 2.75) is 57.5 Å². The second kappa shape index (κ2) is 9.24. The van der Waals surface area contributed by atoms with E-state index < -0.39 is 0 Å². The molecule has 0 amide bonds. The van der Waals surface area contributed by atoms with Crippen molar-refractivity contribution >= 4 is 17.3 Å².